The molecule has 1 fully saturated rings. The summed E-state index contributed by atoms with van der Waals surface area (Å²) in [7, 11) is 0. The molecule has 1 aliphatic rings. The Bertz CT molecular complexity index is 376. The van der Waals surface area contributed by atoms with E-state index in [9.17, 15) is 0 Å². The summed E-state index contributed by atoms with van der Waals surface area (Å²) in [5, 5.41) is 20.5. The minimum absolute atomic E-state index is 0.198. The van der Waals surface area contributed by atoms with E-state index < -0.39 is 0 Å². The number of nitrogens with zero attached hydrogens (tertiary/aromatic N) is 3. The summed E-state index contributed by atoms with van der Waals surface area (Å²) < 4.78 is 2.24. The second kappa shape index (κ2) is 7.26. The van der Waals surface area contributed by atoms with Crippen molar-refractivity contribution in [3.05, 3.63) is 11.9 Å². The number of thioether (sulfide) groups is 1. The zero-order valence-electron chi connectivity index (χ0n) is 11.6. The average molecular weight is 284 g/mol. The van der Waals surface area contributed by atoms with Crippen LogP contribution in [0.4, 0.5) is 0 Å². The van der Waals surface area contributed by atoms with Crippen molar-refractivity contribution in [1.82, 2.24) is 20.3 Å². The van der Waals surface area contributed by atoms with Gasteiger partial charge in [-0.25, -0.2) is 0 Å². The first kappa shape index (κ1) is 14.8. The predicted molar refractivity (Wildman–Crippen MR) is 78.1 cm³/mol. The van der Waals surface area contributed by atoms with Gasteiger partial charge in [-0.05, 0) is 25.5 Å². The third kappa shape index (κ3) is 4.19. The molecule has 0 aliphatic heterocycles. The SMILES string of the molecule is CSC1(CNCc2cn(CCCO)nn2)CCCC1. The number of hydrogen-bond donors (Lipinski definition) is 2. The second-order valence-corrected chi connectivity index (χ2v) is 6.52. The van der Waals surface area contributed by atoms with Gasteiger partial charge in [0.25, 0.3) is 0 Å². The highest BCUT2D eigenvalue weighted by atomic mass is 32.2. The van der Waals surface area contributed by atoms with Crippen molar-refractivity contribution in [3.8, 4) is 0 Å². The normalized spacial score (nSPS) is 18.0. The molecule has 0 radical (unpaired) electrons. The second-order valence-electron chi connectivity index (χ2n) is 5.25. The molecular formula is C13H24N4OS. The maximum Gasteiger partial charge on any atom is 0.0964 e. The van der Waals surface area contributed by atoms with Gasteiger partial charge in [-0.3, -0.25) is 4.68 Å². The first-order chi connectivity index (χ1) is 9.28. The van der Waals surface area contributed by atoms with Crippen molar-refractivity contribution in [2.24, 2.45) is 0 Å². The summed E-state index contributed by atoms with van der Waals surface area (Å²) in [6.45, 7) is 2.76. The lowest BCUT2D eigenvalue weighted by Crippen LogP contribution is -2.34. The highest BCUT2D eigenvalue weighted by molar-refractivity contribution is 8.00. The molecule has 1 aromatic rings. The third-order valence-electron chi connectivity index (χ3n) is 3.83. The molecule has 0 atom stereocenters. The molecule has 0 bridgehead atoms. The molecule has 2 N–H and O–H groups in total. The minimum Gasteiger partial charge on any atom is -0.396 e. The highest BCUT2D eigenvalue weighted by Crippen LogP contribution is 2.39. The first-order valence-electron chi connectivity index (χ1n) is 7.04. The summed E-state index contributed by atoms with van der Waals surface area (Å²) in [5.41, 5.74) is 0.979. The van der Waals surface area contributed by atoms with E-state index in [4.69, 9.17) is 5.11 Å². The molecule has 6 heteroatoms. The van der Waals surface area contributed by atoms with Gasteiger partial charge in [0.1, 0.15) is 0 Å². The molecule has 1 heterocycles. The molecule has 1 saturated carbocycles. The smallest absolute Gasteiger partial charge is 0.0964 e. The van der Waals surface area contributed by atoms with Crippen LogP contribution in [0.5, 0.6) is 0 Å². The Hall–Kier alpha value is -0.590. The topological polar surface area (TPSA) is 63.0 Å². The first-order valence-corrected chi connectivity index (χ1v) is 8.26. The van der Waals surface area contributed by atoms with Crippen LogP contribution >= 0.6 is 11.8 Å². The summed E-state index contributed by atoms with van der Waals surface area (Å²) >= 11 is 2.00. The molecular weight excluding hydrogens is 260 g/mol. The van der Waals surface area contributed by atoms with Gasteiger partial charge in [0.15, 0.2) is 0 Å². The van der Waals surface area contributed by atoms with Crippen molar-refractivity contribution in [1.29, 1.82) is 0 Å². The molecule has 0 saturated heterocycles. The van der Waals surface area contributed by atoms with Crippen LogP contribution in [0.25, 0.3) is 0 Å². The average Bonchev–Trinajstić information content (AvgIpc) is 3.06. The van der Waals surface area contributed by atoms with E-state index in [2.05, 4.69) is 21.9 Å². The van der Waals surface area contributed by atoms with E-state index in [1.165, 1.54) is 25.7 Å². The van der Waals surface area contributed by atoms with E-state index in [1.54, 1.807) is 4.68 Å². The number of hydrogen-bond acceptors (Lipinski definition) is 5. The largest absolute Gasteiger partial charge is 0.396 e. The summed E-state index contributed by atoms with van der Waals surface area (Å²) in [4.78, 5) is 0. The van der Waals surface area contributed by atoms with Crippen LogP contribution in [0.3, 0.4) is 0 Å². The summed E-state index contributed by atoms with van der Waals surface area (Å²) in [6, 6.07) is 0. The molecule has 0 unspecified atom stereocenters. The predicted octanol–water partition coefficient (Wildman–Crippen LogP) is 1.43. The van der Waals surface area contributed by atoms with Crippen molar-refractivity contribution in [2.75, 3.05) is 19.4 Å². The number of aliphatic hydroxyl groups is 1. The highest BCUT2D eigenvalue weighted by Gasteiger charge is 2.32. The monoisotopic (exact) mass is 284 g/mol. The lowest BCUT2D eigenvalue weighted by molar-refractivity contribution is 0.276. The van der Waals surface area contributed by atoms with Crippen LogP contribution < -0.4 is 5.32 Å². The Morgan fingerprint density at radius 2 is 2.26 bits per heavy atom. The minimum atomic E-state index is 0.198. The number of aromatic nitrogens is 3. The molecule has 108 valence electrons. The summed E-state index contributed by atoms with van der Waals surface area (Å²) in [5.74, 6) is 0. The van der Waals surface area contributed by atoms with Crippen molar-refractivity contribution >= 4 is 11.8 Å². The van der Waals surface area contributed by atoms with Crippen molar-refractivity contribution < 1.29 is 5.11 Å². The van der Waals surface area contributed by atoms with E-state index in [0.29, 0.717) is 4.75 Å². The molecule has 0 aromatic carbocycles. The van der Waals surface area contributed by atoms with Gasteiger partial charge in [0.2, 0.25) is 0 Å². The van der Waals surface area contributed by atoms with E-state index in [1.807, 2.05) is 18.0 Å². The van der Waals surface area contributed by atoms with E-state index in [-0.39, 0.29) is 6.61 Å². The molecule has 0 amide bonds. The Kier molecular flexibility index (Phi) is 5.66. The standard InChI is InChI=1S/C13H24N4OS/c1-19-13(5-2-3-6-13)11-14-9-12-10-17(16-15-12)7-4-8-18/h10,14,18H,2-9,11H2,1H3. The number of rotatable bonds is 8. The van der Waals surface area contributed by atoms with Crippen LogP contribution in [0.2, 0.25) is 0 Å². The lowest BCUT2D eigenvalue weighted by Gasteiger charge is -2.26. The quantitative estimate of drug-likeness (QED) is 0.756. The van der Waals surface area contributed by atoms with Crippen molar-refractivity contribution in [2.45, 2.75) is 49.9 Å². The maximum absolute atomic E-state index is 8.78. The van der Waals surface area contributed by atoms with E-state index >= 15 is 0 Å². The van der Waals surface area contributed by atoms with Gasteiger partial charge in [-0.1, -0.05) is 18.1 Å². The van der Waals surface area contributed by atoms with Crippen LogP contribution in [-0.4, -0.2) is 44.3 Å². The molecule has 0 spiro atoms. The van der Waals surface area contributed by atoms with Gasteiger partial charge in [0.05, 0.1) is 5.69 Å². The van der Waals surface area contributed by atoms with Crippen LogP contribution in [0.1, 0.15) is 37.8 Å². The molecule has 1 aromatic heterocycles. The molecule has 19 heavy (non-hydrogen) atoms. The molecule has 2 rings (SSSR count). The fourth-order valence-corrected chi connectivity index (χ4v) is 3.60. The molecule has 1 aliphatic carbocycles. The zero-order chi connectivity index (χ0) is 13.6. The Morgan fingerprint density at radius 1 is 1.47 bits per heavy atom. The lowest BCUT2D eigenvalue weighted by atomic mass is 10.1. The molecule has 5 nitrogen and oxygen atoms in total. The van der Waals surface area contributed by atoms with Gasteiger partial charge < -0.3 is 10.4 Å². The fourth-order valence-electron chi connectivity index (χ4n) is 2.65. The van der Waals surface area contributed by atoms with Crippen LogP contribution in [0, 0.1) is 0 Å². The van der Waals surface area contributed by atoms with Crippen LogP contribution in [0.15, 0.2) is 6.20 Å². The maximum atomic E-state index is 8.78. The van der Waals surface area contributed by atoms with Crippen molar-refractivity contribution in [3.63, 3.8) is 0 Å². The third-order valence-corrected chi connectivity index (χ3v) is 5.25. The number of aliphatic hydroxyl groups excluding tert-OH is 1. The van der Waals surface area contributed by atoms with Gasteiger partial charge >= 0.3 is 0 Å². The fraction of sp³-hybridized carbons (Fsp3) is 0.846. The number of nitrogens with one attached hydrogen (secondary N) is 1. The van der Waals surface area contributed by atoms with Gasteiger partial charge in [0, 0.05) is 37.2 Å². The number of aryl methyl sites for hydroxylation is 1. The Labute approximate surface area is 119 Å². The zero-order valence-corrected chi connectivity index (χ0v) is 12.5. The van der Waals surface area contributed by atoms with Gasteiger partial charge in [-0.15, -0.1) is 5.10 Å². The summed E-state index contributed by atoms with van der Waals surface area (Å²) in [6.07, 6.45) is 10.3. The van der Waals surface area contributed by atoms with Crippen LogP contribution in [-0.2, 0) is 13.1 Å². The van der Waals surface area contributed by atoms with Gasteiger partial charge in [-0.2, -0.15) is 11.8 Å². The van der Waals surface area contributed by atoms with E-state index in [0.717, 1.165) is 31.7 Å². The Balaban J connectivity index is 1.74. The Morgan fingerprint density at radius 3 is 2.95 bits per heavy atom.